The highest BCUT2D eigenvalue weighted by atomic mass is 16.1. The Morgan fingerprint density at radius 2 is 1.80 bits per heavy atom. The van der Waals surface area contributed by atoms with Crippen molar-refractivity contribution in [1.29, 1.82) is 0 Å². The van der Waals surface area contributed by atoms with Crippen molar-refractivity contribution in [2.45, 2.75) is 33.1 Å². The van der Waals surface area contributed by atoms with Gasteiger partial charge in [-0.05, 0) is 36.1 Å². The molecule has 0 saturated carbocycles. The first-order valence-electron chi connectivity index (χ1n) is 8.82. The van der Waals surface area contributed by atoms with Gasteiger partial charge in [0.25, 0.3) is 0 Å². The first-order chi connectivity index (χ1) is 12.0. The van der Waals surface area contributed by atoms with Crippen molar-refractivity contribution in [3.8, 4) is 0 Å². The minimum Gasteiger partial charge on any atom is -0.331 e. The van der Waals surface area contributed by atoms with E-state index in [2.05, 4.69) is 42.9 Å². The third-order valence-electron chi connectivity index (χ3n) is 4.38. The average Bonchev–Trinajstić information content (AvgIpc) is 2.90. The Balaban J connectivity index is 1.74. The van der Waals surface area contributed by atoms with Gasteiger partial charge in [0.1, 0.15) is 5.82 Å². The van der Waals surface area contributed by atoms with E-state index < -0.39 is 0 Å². The number of carbonyl (C=O) groups is 1. The van der Waals surface area contributed by atoms with Gasteiger partial charge < -0.3 is 9.88 Å². The van der Waals surface area contributed by atoms with Gasteiger partial charge in [0.15, 0.2) is 0 Å². The van der Waals surface area contributed by atoms with E-state index >= 15 is 0 Å². The Kier molecular flexibility index (Phi) is 5.17. The highest BCUT2D eigenvalue weighted by Gasteiger charge is 2.11. The number of amides is 1. The lowest BCUT2D eigenvalue weighted by atomic mass is 10.1. The fourth-order valence-corrected chi connectivity index (χ4v) is 3.10. The highest BCUT2D eigenvalue weighted by molar-refractivity contribution is 5.91. The molecule has 2 aromatic carbocycles. The number of hydrogen-bond donors (Lipinski definition) is 1. The van der Waals surface area contributed by atoms with Gasteiger partial charge in [-0.3, -0.25) is 4.79 Å². The number of nitrogens with zero attached hydrogens (tertiary/aromatic N) is 2. The summed E-state index contributed by atoms with van der Waals surface area (Å²) in [5, 5.41) is 3.05. The predicted molar refractivity (Wildman–Crippen MR) is 103 cm³/mol. The van der Waals surface area contributed by atoms with Crippen LogP contribution in [0.5, 0.6) is 0 Å². The van der Waals surface area contributed by atoms with Crippen LogP contribution in [0.25, 0.3) is 11.0 Å². The largest absolute Gasteiger partial charge is 0.331 e. The number of benzene rings is 2. The van der Waals surface area contributed by atoms with E-state index in [1.807, 2.05) is 36.4 Å². The van der Waals surface area contributed by atoms with Gasteiger partial charge >= 0.3 is 0 Å². The molecule has 0 aliphatic heterocycles. The third kappa shape index (κ3) is 4.08. The maximum absolute atomic E-state index is 12.1. The van der Waals surface area contributed by atoms with Crippen molar-refractivity contribution in [2.24, 2.45) is 13.0 Å². The molecule has 0 unspecified atom stereocenters. The lowest BCUT2D eigenvalue weighted by Crippen LogP contribution is -2.15. The molecular weight excluding hydrogens is 310 g/mol. The summed E-state index contributed by atoms with van der Waals surface area (Å²) in [7, 11) is 2.06. The van der Waals surface area contributed by atoms with Crippen LogP contribution < -0.4 is 5.32 Å². The maximum atomic E-state index is 12.1. The molecule has 4 heteroatoms. The molecule has 0 aliphatic carbocycles. The summed E-state index contributed by atoms with van der Waals surface area (Å²) in [6.07, 6.45) is 2.22. The first-order valence-corrected chi connectivity index (χ1v) is 8.82. The molecule has 0 aliphatic rings. The molecule has 25 heavy (non-hydrogen) atoms. The van der Waals surface area contributed by atoms with E-state index in [4.69, 9.17) is 4.98 Å². The van der Waals surface area contributed by atoms with Crippen LogP contribution in [0.4, 0.5) is 5.69 Å². The summed E-state index contributed by atoms with van der Waals surface area (Å²) < 4.78 is 2.15. The first kappa shape index (κ1) is 17.2. The molecule has 0 fully saturated rings. The molecule has 0 atom stereocenters. The van der Waals surface area contributed by atoms with Crippen molar-refractivity contribution in [1.82, 2.24) is 9.55 Å². The zero-order chi connectivity index (χ0) is 17.8. The molecule has 0 spiro atoms. The SMILES string of the molecule is CC(C)CC(=O)Nc1ccccc1CCc1nc2ccccc2n1C. The predicted octanol–water partition coefficient (Wildman–Crippen LogP) is 4.34. The van der Waals surface area contributed by atoms with Crippen LogP contribution in [0.2, 0.25) is 0 Å². The lowest BCUT2D eigenvalue weighted by molar-refractivity contribution is -0.116. The second-order valence-corrected chi connectivity index (χ2v) is 6.88. The van der Waals surface area contributed by atoms with Crippen LogP contribution in [-0.2, 0) is 24.7 Å². The average molecular weight is 335 g/mol. The van der Waals surface area contributed by atoms with Crippen molar-refractivity contribution in [3.05, 3.63) is 59.9 Å². The molecule has 0 bridgehead atoms. The van der Waals surface area contributed by atoms with Gasteiger partial charge in [-0.2, -0.15) is 0 Å². The third-order valence-corrected chi connectivity index (χ3v) is 4.38. The standard InChI is InChI=1S/C21H25N3O/c1-15(2)14-21(25)23-17-9-5-4-8-16(17)12-13-20-22-18-10-6-7-11-19(18)24(20)3/h4-11,15H,12-14H2,1-3H3,(H,23,25). The van der Waals surface area contributed by atoms with Crippen LogP contribution in [0, 0.1) is 5.92 Å². The monoisotopic (exact) mass is 335 g/mol. The molecule has 1 N–H and O–H groups in total. The van der Waals surface area contributed by atoms with E-state index in [0.29, 0.717) is 12.3 Å². The Bertz CT molecular complexity index is 880. The number of fused-ring (bicyclic) bond motifs is 1. The van der Waals surface area contributed by atoms with Gasteiger partial charge in [0, 0.05) is 25.6 Å². The molecular formula is C21H25N3O. The van der Waals surface area contributed by atoms with E-state index in [0.717, 1.165) is 41.0 Å². The van der Waals surface area contributed by atoms with Crippen LogP contribution in [-0.4, -0.2) is 15.5 Å². The molecule has 3 aromatic rings. The quantitative estimate of drug-likeness (QED) is 0.728. The van der Waals surface area contributed by atoms with Crippen molar-refractivity contribution < 1.29 is 4.79 Å². The fraction of sp³-hybridized carbons (Fsp3) is 0.333. The zero-order valence-electron chi connectivity index (χ0n) is 15.1. The summed E-state index contributed by atoms with van der Waals surface area (Å²) in [5.41, 5.74) is 4.23. The normalized spacial score (nSPS) is 11.2. The lowest BCUT2D eigenvalue weighted by Gasteiger charge is -2.12. The molecule has 130 valence electrons. The molecule has 1 amide bonds. The zero-order valence-corrected chi connectivity index (χ0v) is 15.1. The van der Waals surface area contributed by atoms with E-state index in [9.17, 15) is 4.79 Å². The number of anilines is 1. The van der Waals surface area contributed by atoms with Gasteiger partial charge in [-0.25, -0.2) is 4.98 Å². The number of para-hydroxylation sites is 3. The second-order valence-electron chi connectivity index (χ2n) is 6.88. The number of carbonyl (C=O) groups excluding carboxylic acids is 1. The summed E-state index contributed by atoms with van der Waals surface area (Å²) in [5.74, 6) is 1.49. The Morgan fingerprint density at radius 3 is 2.56 bits per heavy atom. The second kappa shape index (κ2) is 7.51. The van der Waals surface area contributed by atoms with Crippen molar-refractivity contribution in [2.75, 3.05) is 5.32 Å². The molecule has 0 saturated heterocycles. The van der Waals surface area contributed by atoms with E-state index in [1.54, 1.807) is 0 Å². The van der Waals surface area contributed by atoms with Gasteiger partial charge in [0.05, 0.1) is 11.0 Å². The van der Waals surface area contributed by atoms with Gasteiger partial charge in [-0.1, -0.05) is 44.2 Å². The van der Waals surface area contributed by atoms with Crippen LogP contribution in [0.15, 0.2) is 48.5 Å². The molecule has 0 radical (unpaired) electrons. The maximum Gasteiger partial charge on any atom is 0.224 e. The summed E-state index contributed by atoms with van der Waals surface area (Å²) in [6.45, 7) is 4.11. The smallest absolute Gasteiger partial charge is 0.224 e. The number of aromatic nitrogens is 2. The van der Waals surface area contributed by atoms with E-state index in [-0.39, 0.29) is 5.91 Å². The summed E-state index contributed by atoms with van der Waals surface area (Å²) >= 11 is 0. The number of hydrogen-bond acceptors (Lipinski definition) is 2. The van der Waals surface area contributed by atoms with Crippen LogP contribution in [0.3, 0.4) is 0 Å². The van der Waals surface area contributed by atoms with Crippen molar-refractivity contribution >= 4 is 22.6 Å². The Labute approximate surface area is 148 Å². The Hall–Kier alpha value is -2.62. The number of imidazole rings is 1. The minimum atomic E-state index is 0.0742. The van der Waals surface area contributed by atoms with Gasteiger partial charge in [0.2, 0.25) is 5.91 Å². The molecule has 3 rings (SSSR count). The van der Waals surface area contributed by atoms with Crippen LogP contribution >= 0.6 is 0 Å². The number of aryl methyl sites for hydroxylation is 3. The number of rotatable bonds is 6. The van der Waals surface area contributed by atoms with Crippen LogP contribution in [0.1, 0.15) is 31.7 Å². The fourth-order valence-electron chi connectivity index (χ4n) is 3.10. The molecule has 1 heterocycles. The van der Waals surface area contributed by atoms with Gasteiger partial charge in [-0.15, -0.1) is 0 Å². The van der Waals surface area contributed by atoms with E-state index in [1.165, 1.54) is 0 Å². The molecule has 4 nitrogen and oxygen atoms in total. The minimum absolute atomic E-state index is 0.0742. The highest BCUT2D eigenvalue weighted by Crippen LogP contribution is 2.20. The summed E-state index contributed by atoms with van der Waals surface area (Å²) in [4.78, 5) is 16.8. The van der Waals surface area contributed by atoms with Crippen molar-refractivity contribution in [3.63, 3.8) is 0 Å². The summed E-state index contributed by atoms with van der Waals surface area (Å²) in [6, 6.07) is 16.2. The molecule has 1 aromatic heterocycles. The Morgan fingerprint density at radius 1 is 1.08 bits per heavy atom. The number of nitrogens with one attached hydrogen (secondary N) is 1. The topological polar surface area (TPSA) is 46.9 Å².